The average molecular weight is 290 g/mol. The largest absolute Gasteiger partial charge is 0.385 e. The molecule has 0 saturated heterocycles. The van der Waals surface area contributed by atoms with Crippen molar-refractivity contribution in [3.05, 3.63) is 29.3 Å². The summed E-state index contributed by atoms with van der Waals surface area (Å²) in [6.45, 7) is 9.47. The first-order valence-corrected chi connectivity index (χ1v) is 7.55. The molecule has 1 N–H and O–H groups in total. The smallest absolute Gasteiger partial charge is 0.229 e. The van der Waals surface area contributed by atoms with Crippen molar-refractivity contribution in [2.75, 3.05) is 25.6 Å². The van der Waals surface area contributed by atoms with Crippen molar-refractivity contribution >= 4 is 11.6 Å². The lowest BCUT2D eigenvalue weighted by molar-refractivity contribution is -0.123. The van der Waals surface area contributed by atoms with Crippen LogP contribution in [0.1, 0.15) is 38.3 Å². The number of rotatable bonds is 5. The third-order valence-corrected chi connectivity index (χ3v) is 3.80. The number of hydrogen-bond donors (Lipinski definition) is 1. The minimum absolute atomic E-state index is 0.0636. The monoisotopic (exact) mass is 290 g/mol. The summed E-state index contributed by atoms with van der Waals surface area (Å²) in [6.07, 6.45) is 1.04. The molecule has 1 amide bonds. The van der Waals surface area contributed by atoms with Crippen LogP contribution in [0.2, 0.25) is 0 Å². The Hall–Kier alpha value is -1.39. The summed E-state index contributed by atoms with van der Waals surface area (Å²) < 4.78 is 5.11. The van der Waals surface area contributed by atoms with E-state index >= 15 is 0 Å². The van der Waals surface area contributed by atoms with Crippen molar-refractivity contribution in [2.45, 2.75) is 40.3 Å². The molecular weight excluding hydrogens is 264 g/mol. The third-order valence-electron chi connectivity index (χ3n) is 3.80. The first kappa shape index (κ1) is 16.0. The molecule has 0 unspecified atom stereocenters. The summed E-state index contributed by atoms with van der Waals surface area (Å²) >= 11 is 0. The second kappa shape index (κ2) is 6.58. The van der Waals surface area contributed by atoms with E-state index < -0.39 is 0 Å². The van der Waals surface area contributed by atoms with Crippen molar-refractivity contribution in [1.29, 1.82) is 0 Å². The number of benzene rings is 1. The molecule has 1 aromatic carbocycles. The Morgan fingerprint density at radius 2 is 2.10 bits per heavy atom. The Morgan fingerprint density at radius 1 is 1.33 bits per heavy atom. The van der Waals surface area contributed by atoms with Gasteiger partial charge in [0, 0.05) is 44.5 Å². The van der Waals surface area contributed by atoms with Crippen LogP contribution in [-0.2, 0) is 22.6 Å². The third kappa shape index (κ3) is 4.05. The van der Waals surface area contributed by atoms with Crippen LogP contribution in [0.4, 0.5) is 5.69 Å². The zero-order chi connectivity index (χ0) is 15.5. The second-order valence-corrected chi connectivity index (χ2v) is 6.70. The summed E-state index contributed by atoms with van der Waals surface area (Å²) in [7, 11) is 1.73. The zero-order valence-electron chi connectivity index (χ0n) is 13.5. The van der Waals surface area contributed by atoms with Crippen LogP contribution in [0, 0.1) is 5.41 Å². The van der Waals surface area contributed by atoms with Gasteiger partial charge >= 0.3 is 0 Å². The Balaban J connectivity index is 2.05. The highest BCUT2D eigenvalue weighted by molar-refractivity contribution is 5.95. The fourth-order valence-electron chi connectivity index (χ4n) is 2.51. The van der Waals surface area contributed by atoms with Crippen LogP contribution in [0.3, 0.4) is 0 Å². The first-order valence-electron chi connectivity index (χ1n) is 7.55. The van der Waals surface area contributed by atoms with Crippen LogP contribution in [0.15, 0.2) is 18.2 Å². The minimum atomic E-state index is -0.376. The molecule has 0 radical (unpaired) electrons. The van der Waals surface area contributed by atoms with Gasteiger partial charge < -0.3 is 10.1 Å². The number of carbonyl (C=O) groups is 1. The molecular formula is C17H26N2O2. The van der Waals surface area contributed by atoms with E-state index in [1.165, 1.54) is 11.1 Å². The summed E-state index contributed by atoms with van der Waals surface area (Å²) in [5, 5.41) is 3.08. The number of methoxy groups -OCH3 is 1. The van der Waals surface area contributed by atoms with Crippen LogP contribution < -0.4 is 5.32 Å². The molecule has 1 heterocycles. The molecule has 0 saturated carbocycles. The fraction of sp³-hybridized carbons (Fsp3) is 0.588. The van der Waals surface area contributed by atoms with E-state index in [4.69, 9.17) is 4.74 Å². The molecule has 1 aromatic rings. The topological polar surface area (TPSA) is 41.6 Å². The van der Waals surface area contributed by atoms with E-state index in [0.717, 1.165) is 38.3 Å². The number of hydrogen-bond acceptors (Lipinski definition) is 3. The van der Waals surface area contributed by atoms with E-state index in [1.807, 2.05) is 32.9 Å². The molecule has 4 heteroatoms. The predicted octanol–water partition coefficient (Wildman–Crippen LogP) is 3.02. The Morgan fingerprint density at radius 3 is 2.76 bits per heavy atom. The van der Waals surface area contributed by atoms with Gasteiger partial charge in [0.2, 0.25) is 5.91 Å². The molecule has 116 valence electrons. The van der Waals surface area contributed by atoms with Gasteiger partial charge in [-0.15, -0.1) is 0 Å². The predicted molar refractivity (Wildman–Crippen MR) is 85.1 cm³/mol. The highest BCUT2D eigenvalue weighted by Crippen LogP contribution is 2.30. The highest BCUT2D eigenvalue weighted by Gasteiger charge is 2.25. The Bertz CT molecular complexity index is 506. The molecule has 0 atom stereocenters. The molecule has 0 spiro atoms. The highest BCUT2D eigenvalue weighted by atomic mass is 16.5. The van der Waals surface area contributed by atoms with Crippen molar-refractivity contribution in [2.24, 2.45) is 5.41 Å². The molecule has 1 aliphatic heterocycles. The van der Waals surface area contributed by atoms with Gasteiger partial charge in [0.25, 0.3) is 0 Å². The molecule has 0 bridgehead atoms. The average Bonchev–Trinajstić information content (AvgIpc) is 2.82. The van der Waals surface area contributed by atoms with Gasteiger partial charge in [0.15, 0.2) is 0 Å². The summed E-state index contributed by atoms with van der Waals surface area (Å²) in [5.74, 6) is 0.0636. The molecule has 1 aliphatic rings. The summed E-state index contributed by atoms with van der Waals surface area (Å²) in [5.41, 5.74) is 3.16. The molecule has 0 aliphatic carbocycles. The molecule has 0 fully saturated rings. The lowest BCUT2D eigenvalue weighted by Crippen LogP contribution is -2.28. The van der Waals surface area contributed by atoms with Crippen LogP contribution >= 0.6 is 0 Å². The second-order valence-electron chi connectivity index (χ2n) is 6.70. The number of nitrogens with one attached hydrogen (secondary N) is 1. The number of carbonyl (C=O) groups excluding carboxylic acids is 1. The summed E-state index contributed by atoms with van der Waals surface area (Å²) in [4.78, 5) is 14.6. The first-order chi connectivity index (χ1) is 9.91. The van der Waals surface area contributed by atoms with Crippen LogP contribution in [0.25, 0.3) is 0 Å². The van der Waals surface area contributed by atoms with Crippen molar-refractivity contribution in [3.63, 3.8) is 0 Å². The fourth-order valence-corrected chi connectivity index (χ4v) is 2.51. The number of nitrogens with zero attached hydrogens (tertiary/aromatic N) is 1. The van der Waals surface area contributed by atoms with E-state index in [-0.39, 0.29) is 11.3 Å². The van der Waals surface area contributed by atoms with Gasteiger partial charge in [-0.2, -0.15) is 0 Å². The van der Waals surface area contributed by atoms with Crippen molar-refractivity contribution in [3.8, 4) is 0 Å². The normalized spacial score (nSPS) is 15.0. The van der Waals surface area contributed by atoms with E-state index in [2.05, 4.69) is 16.3 Å². The van der Waals surface area contributed by atoms with Crippen molar-refractivity contribution in [1.82, 2.24) is 4.90 Å². The molecule has 0 aromatic heterocycles. The zero-order valence-corrected chi connectivity index (χ0v) is 13.5. The lowest BCUT2D eigenvalue weighted by Gasteiger charge is -2.19. The van der Waals surface area contributed by atoms with Gasteiger partial charge in [-0.3, -0.25) is 9.69 Å². The quantitative estimate of drug-likeness (QED) is 0.848. The molecule has 2 rings (SSSR count). The molecule has 4 nitrogen and oxygen atoms in total. The van der Waals surface area contributed by atoms with Gasteiger partial charge in [-0.25, -0.2) is 0 Å². The maximum atomic E-state index is 12.2. The van der Waals surface area contributed by atoms with Crippen LogP contribution in [-0.4, -0.2) is 31.1 Å². The SMILES string of the molecule is COCCCN1Cc2cccc(NC(=O)C(C)(C)C)c2C1. The number of fused-ring (bicyclic) bond motifs is 1. The van der Waals surface area contributed by atoms with Gasteiger partial charge in [0.05, 0.1) is 0 Å². The number of anilines is 1. The van der Waals surface area contributed by atoms with Crippen molar-refractivity contribution < 1.29 is 9.53 Å². The minimum Gasteiger partial charge on any atom is -0.385 e. The van der Waals surface area contributed by atoms with Gasteiger partial charge in [0.1, 0.15) is 0 Å². The maximum absolute atomic E-state index is 12.2. The van der Waals surface area contributed by atoms with E-state index in [1.54, 1.807) is 7.11 Å². The van der Waals surface area contributed by atoms with Gasteiger partial charge in [-0.05, 0) is 23.6 Å². The van der Waals surface area contributed by atoms with E-state index in [9.17, 15) is 4.79 Å². The number of amides is 1. The Kier molecular flexibility index (Phi) is 5.01. The molecule has 21 heavy (non-hydrogen) atoms. The standard InChI is InChI=1S/C17H26N2O2/c1-17(2,3)16(20)18-15-8-5-7-13-11-19(12-14(13)15)9-6-10-21-4/h5,7-8H,6,9-12H2,1-4H3,(H,18,20). The summed E-state index contributed by atoms with van der Waals surface area (Å²) in [6, 6.07) is 6.18. The maximum Gasteiger partial charge on any atom is 0.229 e. The lowest BCUT2D eigenvalue weighted by atomic mass is 9.95. The van der Waals surface area contributed by atoms with E-state index in [0.29, 0.717) is 0 Å². The van der Waals surface area contributed by atoms with Crippen LogP contribution in [0.5, 0.6) is 0 Å². The van der Waals surface area contributed by atoms with Gasteiger partial charge in [-0.1, -0.05) is 32.9 Å². The number of ether oxygens (including phenoxy) is 1. The Labute approximate surface area is 127 Å².